The smallest absolute Gasteiger partial charge is 0.159 e. The minimum Gasteiger partial charge on any atom is -0.393 e. The van der Waals surface area contributed by atoms with Crippen molar-refractivity contribution in [2.75, 3.05) is 0 Å². The van der Waals surface area contributed by atoms with Gasteiger partial charge in [0.2, 0.25) is 0 Å². The highest BCUT2D eigenvalue weighted by atomic mass is 16.3. The summed E-state index contributed by atoms with van der Waals surface area (Å²) in [6, 6.07) is 0. The molecule has 0 saturated heterocycles. The maximum atomic E-state index is 11.6. The second-order valence-corrected chi connectivity index (χ2v) is 7.61. The van der Waals surface area contributed by atoms with Gasteiger partial charge < -0.3 is 5.11 Å². The number of ketones is 1. The molecule has 2 heteroatoms. The molecule has 2 nitrogen and oxygen atoms in total. The van der Waals surface area contributed by atoms with Crippen molar-refractivity contribution in [3.63, 3.8) is 0 Å². The Morgan fingerprint density at radius 3 is 2.95 bits per heavy atom. The van der Waals surface area contributed by atoms with Crippen molar-refractivity contribution in [3.05, 3.63) is 23.8 Å². The van der Waals surface area contributed by atoms with Crippen LogP contribution in [0.5, 0.6) is 0 Å². The lowest BCUT2D eigenvalue weighted by Crippen LogP contribution is -2.46. The van der Waals surface area contributed by atoms with Gasteiger partial charge in [0, 0.05) is 12.3 Å². The quantitative estimate of drug-likeness (QED) is 0.687. The van der Waals surface area contributed by atoms with Gasteiger partial charge >= 0.3 is 0 Å². The van der Waals surface area contributed by atoms with Crippen LogP contribution in [0.4, 0.5) is 0 Å². The van der Waals surface area contributed by atoms with Crippen molar-refractivity contribution in [2.45, 2.75) is 51.6 Å². The molecule has 2 saturated carbocycles. The second-order valence-electron chi connectivity index (χ2n) is 7.61. The number of fused-ring (bicyclic) bond motifs is 5. The van der Waals surface area contributed by atoms with Gasteiger partial charge in [0.05, 0.1) is 6.10 Å². The molecule has 4 aliphatic carbocycles. The summed E-state index contributed by atoms with van der Waals surface area (Å²) in [5.74, 6) is 2.89. The van der Waals surface area contributed by atoms with Crippen molar-refractivity contribution in [3.8, 4) is 0 Å². The van der Waals surface area contributed by atoms with Crippen molar-refractivity contribution < 1.29 is 9.90 Å². The van der Waals surface area contributed by atoms with E-state index in [1.54, 1.807) is 0 Å². The van der Waals surface area contributed by atoms with Gasteiger partial charge in [-0.2, -0.15) is 0 Å². The Hall–Kier alpha value is -0.890. The Bertz CT molecular complexity index is 504. The Balaban J connectivity index is 1.67. The number of aliphatic hydroxyl groups excluding tert-OH is 1. The molecule has 0 amide bonds. The summed E-state index contributed by atoms with van der Waals surface area (Å²) in [4.78, 5) is 11.6. The van der Waals surface area contributed by atoms with E-state index in [0.717, 1.165) is 25.2 Å². The van der Waals surface area contributed by atoms with E-state index in [1.807, 2.05) is 6.08 Å². The van der Waals surface area contributed by atoms with Gasteiger partial charge in [-0.1, -0.05) is 24.6 Å². The monoisotopic (exact) mass is 272 g/mol. The summed E-state index contributed by atoms with van der Waals surface area (Å²) >= 11 is 0. The highest BCUT2D eigenvalue weighted by Gasteiger charge is 2.55. The van der Waals surface area contributed by atoms with Crippen LogP contribution in [0.2, 0.25) is 0 Å². The molecule has 5 unspecified atom stereocenters. The van der Waals surface area contributed by atoms with Crippen molar-refractivity contribution in [1.29, 1.82) is 0 Å². The molecule has 0 radical (unpaired) electrons. The number of aliphatic hydroxyl groups is 1. The topological polar surface area (TPSA) is 37.3 Å². The van der Waals surface area contributed by atoms with Crippen LogP contribution in [0.15, 0.2) is 23.8 Å². The number of carbonyl (C=O) groups is 1. The molecule has 0 aromatic carbocycles. The Morgan fingerprint density at radius 2 is 2.10 bits per heavy atom. The molecular formula is C18H24O2. The first-order valence-electron chi connectivity index (χ1n) is 8.17. The summed E-state index contributed by atoms with van der Waals surface area (Å²) in [6.07, 6.45) is 12.6. The maximum absolute atomic E-state index is 11.6. The minimum atomic E-state index is -0.0951. The Kier molecular flexibility index (Phi) is 2.76. The molecule has 4 rings (SSSR count). The zero-order chi connectivity index (χ0) is 13.9. The Morgan fingerprint density at radius 1 is 1.25 bits per heavy atom. The standard InChI is InChI=1S/C18H24O2/c1-18-9-8-14-13-5-3-12(19)10-11(13)2-4-15(14)16(18)6-7-17(18)20/h2-3,5,13-17,20H,4,6-10H2,1H3/t13?,14?,15?,16?,17-,18?/m0/s1. The summed E-state index contributed by atoms with van der Waals surface area (Å²) < 4.78 is 0. The molecule has 0 heterocycles. The van der Waals surface area contributed by atoms with Crippen LogP contribution in [-0.4, -0.2) is 17.0 Å². The van der Waals surface area contributed by atoms with Gasteiger partial charge in [-0.3, -0.25) is 4.79 Å². The number of rotatable bonds is 0. The molecule has 1 N–H and O–H groups in total. The SMILES string of the molecule is CC12CCC3C4C=CC(=O)CC4=CCC3C1CC[C@@H]2O. The third-order valence-electron chi connectivity index (χ3n) is 6.85. The molecule has 4 aliphatic rings. The average molecular weight is 272 g/mol. The molecule has 6 atom stereocenters. The maximum Gasteiger partial charge on any atom is 0.159 e. The highest BCUT2D eigenvalue weighted by Crippen LogP contribution is 2.60. The van der Waals surface area contributed by atoms with E-state index in [4.69, 9.17) is 0 Å². The first kappa shape index (κ1) is 12.8. The van der Waals surface area contributed by atoms with E-state index in [1.165, 1.54) is 18.4 Å². The fraction of sp³-hybridized carbons (Fsp3) is 0.722. The Labute approximate surface area is 120 Å². The highest BCUT2D eigenvalue weighted by molar-refractivity contribution is 5.93. The summed E-state index contributed by atoms with van der Waals surface area (Å²) in [5.41, 5.74) is 1.53. The lowest BCUT2D eigenvalue weighted by molar-refractivity contribution is -0.114. The molecule has 0 aromatic rings. The number of hydrogen-bond donors (Lipinski definition) is 1. The van der Waals surface area contributed by atoms with E-state index in [0.29, 0.717) is 24.2 Å². The first-order valence-corrected chi connectivity index (χ1v) is 8.17. The van der Waals surface area contributed by atoms with Gasteiger partial charge in [-0.15, -0.1) is 0 Å². The zero-order valence-corrected chi connectivity index (χ0v) is 12.2. The molecule has 2 fully saturated rings. The first-order chi connectivity index (χ1) is 9.59. The van der Waals surface area contributed by atoms with E-state index in [-0.39, 0.29) is 17.3 Å². The lowest BCUT2D eigenvalue weighted by atomic mass is 9.53. The molecule has 0 aliphatic heterocycles. The zero-order valence-electron chi connectivity index (χ0n) is 12.2. The van der Waals surface area contributed by atoms with Crippen LogP contribution in [0.25, 0.3) is 0 Å². The number of allylic oxidation sites excluding steroid dienone is 4. The predicted molar refractivity (Wildman–Crippen MR) is 78.0 cm³/mol. The van der Waals surface area contributed by atoms with Crippen molar-refractivity contribution >= 4 is 5.78 Å². The van der Waals surface area contributed by atoms with Gasteiger partial charge in [-0.25, -0.2) is 0 Å². The molecule has 0 aromatic heterocycles. The average Bonchev–Trinajstić information content (AvgIpc) is 2.74. The number of carbonyl (C=O) groups excluding carboxylic acids is 1. The van der Waals surface area contributed by atoms with Gasteiger partial charge in [-0.05, 0) is 61.3 Å². The molecule has 20 heavy (non-hydrogen) atoms. The van der Waals surface area contributed by atoms with Crippen molar-refractivity contribution in [2.24, 2.45) is 29.1 Å². The number of hydrogen-bond acceptors (Lipinski definition) is 2. The second kappa shape index (κ2) is 4.30. The van der Waals surface area contributed by atoms with E-state index >= 15 is 0 Å². The van der Waals surface area contributed by atoms with Crippen LogP contribution < -0.4 is 0 Å². The van der Waals surface area contributed by atoms with E-state index in [2.05, 4.69) is 19.1 Å². The van der Waals surface area contributed by atoms with Crippen LogP contribution in [0.1, 0.15) is 45.4 Å². The summed E-state index contributed by atoms with van der Waals surface area (Å²) in [7, 11) is 0. The largest absolute Gasteiger partial charge is 0.393 e. The lowest BCUT2D eigenvalue weighted by Gasteiger charge is -2.51. The fourth-order valence-electron chi connectivity index (χ4n) is 5.70. The van der Waals surface area contributed by atoms with Gasteiger partial charge in [0.15, 0.2) is 5.78 Å². The summed E-state index contributed by atoms with van der Waals surface area (Å²) in [6.45, 7) is 2.31. The van der Waals surface area contributed by atoms with E-state index < -0.39 is 0 Å². The molecular weight excluding hydrogens is 248 g/mol. The minimum absolute atomic E-state index is 0.0951. The van der Waals surface area contributed by atoms with Crippen LogP contribution in [-0.2, 0) is 4.79 Å². The third kappa shape index (κ3) is 1.64. The molecule has 108 valence electrons. The molecule has 0 bridgehead atoms. The van der Waals surface area contributed by atoms with Crippen LogP contribution in [0, 0.1) is 29.1 Å². The van der Waals surface area contributed by atoms with Crippen LogP contribution in [0.3, 0.4) is 0 Å². The van der Waals surface area contributed by atoms with E-state index in [9.17, 15) is 9.90 Å². The predicted octanol–water partition coefficient (Wildman–Crippen LogP) is 3.27. The summed E-state index contributed by atoms with van der Waals surface area (Å²) in [5, 5.41) is 10.4. The molecule has 0 spiro atoms. The third-order valence-corrected chi connectivity index (χ3v) is 6.85. The van der Waals surface area contributed by atoms with Gasteiger partial charge in [0.25, 0.3) is 0 Å². The van der Waals surface area contributed by atoms with Crippen molar-refractivity contribution in [1.82, 2.24) is 0 Å². The fourth-order valence-corrected chi connectivity index (χ4v) is 5.70. The normalized spacial score (nSPS) is 50.2. The van der Waals surface area contributed by atoms with Gasteiger partial charge in [0.1, 0.15) is 0 Å². The van der Waals surface area contributed by atoms with Crippen LogP contribution >= 0.6 is 0 Å².